The average Bonchev–Trinajstić information content (AvgIpc) is 2.29. The number of benzene rings is 1. The van der Waals surface area contributed by atoms with Crippen molar-refractivity contribution in [3.05, 3.63) is 24.3 Å². The Kier molecular flexibility index (Phi) is 3.83. The third kappa shape index (κ3) is 3.81. The van der Waals surface area contributed by atoms with Gasteiger partial charge in [-0.2, -0.15) is 0 Å². The molecular weight excluding hydrogens is 253 g/mol. The molecule has 1 heterocycles. The lowest BCUT2D eigenvalue weighted by atomic mass is 10.3. The van der Waals surface area contributed by atoms with Crippen molar-refractivity contribution in [1.29, 1.82) is 0 Å². The number of halogens is 3. The summed E-state index contributed by atoms with van der Waals surface area (Å²) in [5, 5.41) is 0. The summed E-state index contributed by atoms with van der Waals surface area (Å²) in [5.74, 6) is 1.72. The highest BCUT2D eigenvalue weighted by Crippen LogP contribution is 2.25. The molecule has 1 aliphatic heterocycles. The Morgan fingerprint density at radius 3 is 2.18 bits per heavy atom. The van der Waals surface area contributed by atoms with E-state index in [4.69, 9.17) is 4.74 Å². The molecular formula is C11H12F3O2S+. The first-order valence-electron chi connectivity index (χ1n) is 5.16. The molecule has 6 heteroatoms. The van der Waals surface area contributed by atoms with Crippen molar-refractivity contribution < 1.29 is 22.6 Å². The van der Waals surface area contributed by atoms with Gasteiger partial charge in [0, 0.05) is 10.9 Å². The first-order chi connectivity index (χ1) is 8.04. The average molecular weight is 265 g/mol. The maximum Gasteiger partial charge on any atom is 0.573 e. The van der Waals surface area contributed by atoms with Crippen molar-refractivity contribution in [2.75, 3.05) is 24.7 Å². The van der Waals surface area contributed by atoms with Gasteiger partial charge in [0.2, 0.25) is 0 Å². The SMILES string of the molecule is FC(F)(F)Oc1ccc([S+]2CCOCC2)cc1. The van der Waals surface area contributed by atoms with Crippen LogP contribution in [0.15, 0.2) is 29.2 Å². The van der Waals surface area contributed by atoms with Gasteiger partial charge in [-0.15, -0.1) is 13.2 Å². The summed E-state index contributed by atoms with van der Waals surface area (Å²) in [6.07, 6.45) is -4.62. The Labute approximate surface area is 100 Å². The van der Waals surface area contributed by atoms with Gasteiger partial charge >= 0.3 is 6.36 Å². The van der Waals surface area contributed by atoms with Gasteiger partial charge in [0.15, 0.2) is 4.90 Å². The molecule has 0 spiro atoms. The summed E-state index contributed by atoms with van der Waals surface area (Å²) in [6.45, 7) is 1.45. The minimum absolute atomic E-state index is 0.0987. The van der Waals surface area contributed by atoms with Crippen LogP contribution in [0.2, 0.25) is 0 Å². The molecule has 1 aliphatic rings. The van der Waals surface area contributed by atoms with E-state index >= 15 is 0 Å². The van der Waals surface area contributed by atoms with Crippen LogP contribution in [-0.4, -0.2) is 31.1 Å². The fourth-order valence-electron chi connectivity index (χ4n) is 1.59. The summed E-state index contributed by atoms with van der Waals surface area (Å²) in [6, 6.07) is 6.14. The molecule has 94 valence electrons. The van der Waals surface area contributed by atoms with E-state index in [0.29, 0.717) is 0 Å². The van der Waals surface area contributed by atoms with Crippen molar-refractivity contribution in [2.45, 2.75) is 11.3 Å². The molecule has 0 aromatic heterocycles. The monoisotopic (exact) mass is 265 g/mol. The summed E-state index contributed by atoms with van der Waals surface area (Å²) in [7, 11) is 0.0987. The molecule has 2 rings (SSSR count). The molecule has 0 amide bonds. The molecule has 0 aliphatic carbocycles. The molecule has 0 N–H and O–H groups in total. The van der Waals surface area contributed by atoms with Gasteiger partial charge in [0.25, 0.3) is 0 Å². The molecule has 1 aromatic rings. The van der Waals surface area contributed by atoms with Gasteiger partial charge < -0.3 is 9.47 Å². The molecule has 1 saturated heterocycles. The number of rotatable bonds is 2. The summed E-state index contributed by atoms with van der Waals surface area (Å²) < 4.78 is 44.9. The molecule has 0 bridgehead atoms. The largest absolute Gasteiger partial charge is 0.573 e. The van der Waals surface area contributed by atoms with Crippen molar-refractivity contribution in [3.8, 4) is 5.75 Å². The van der Waals surface area contributed by atoms with Crippen LogP contribution in [0.3, 0.4) is 0 Å². The van der Waals surface area contributed by atoms with Gasteiger partial charge in [0.05, 0.1) is 13.2 Å². The standard InChI is InChI=1S/C11H12F3O2S/c12-11(13,14)16-9-1-3-10(4-2-9)17-7-5-15-6-8-17/h1-4H,5-8H2/q+1. The Morgan fingerprint density at radius 2 is 1.65 bits per heavy atom. The minimum atomic E-state index is -4.62. The molecule has 17 heavy (non-hydrogen) atoms. The van der Waals surface area contributed by atoms with Crippen LogP contribution in [0.25, 0.3) is 0 Å². The molecule has 1 fully saturated rings. The second-order valence-electron chi connectivity index (χ2n) is 3.53. The fraction of sp³-hybridized carbons (Fsp3) is 0.455. The fourth-order valence-corrected chi connectivity index (χ4v) is 3.43. The van der Waals surface area contributed by atoms with E-state index in [9.17, 15) is 13.2 Å². The number of hydrogen-bond donors (Lipinski definition) is 0. The summed E-state index contributed by atoms with van der Waals surface area (Å²) >= 11 is 0. The van der Waals surface area contributed by atoms with E-state index in [2.05, 4.69) is 4.74 Å². The van der Waals surface area contributed by atoms with E-state index in [1.165, 1.54) is 12.1 Å². The van der Waals surface area contributed by atoms with Crippen LogP contribution in [0, 0.1) is 0 Å². The maximum absolute atomic E-state index is 12.0. The maximum atomic E-state index is 12.0. The first kappa shape index (κ1) is 12.6. The van der Waals surface area contributed by atoms with E-state index < -0.39 is 6.36 Å². The lowest BCUT2D eigenvalue weighted by Gasteiger charge is -2.14. The van der Waals surface area contributed by atoms with Crippen molar-refractivity contribution in [3.63, 3.8) is 0 Å². The third-order valence-electron chi connectivity index (χ3n) is 2.34. The predicted molar refractivity (Wildman–Crippen MR) is 59.3 cm³/mol. The van der Waals surface area contributed by atoms with Crippen LogP contribution in [0.1, 0.15) is 0 Å². The summed E-state index contributed by atoms with van der Waals surface area (Å²) in [4.78, 5) is 1.07. The zero-order chi connectivity index (χ0) is 12.3. The molecule has 0 atom stereocenters. The molecule has 1 aromatic carbocycles. The lowest BCUT2D eigenvalue weighted by molar-refractivity contribution is -0.274. The van der Waals surface area contributed by atoms with Crippen molar-refractivity contribution in [2.24, 2.45) is 0 Å². The molecule has 0 radical (unpaired) electrons. The van der Waals surface area contributed by atoms with Crippen LogP contribution in [-0.2, 0) is 15.6 Å². The smallest absolute Gasteiger partial charge is 0.406 e. The molecule has 0 unspecified atom stereocenters. The van der Waals surface area contributed by atoms with Crippen molar-refractivity contribution in [1.82, 2.24) is 0 Å². The number of ether oxygens (including phenoxy) is 2. The van der Waals surface area contributed by atoms with E-state index in [0.717, 1.165) is 29.6 Å². The van der Waals surface area contributed by atoms with Crippen LogP contribution < -0.4 is 4.74 Å². The van der Waals surface area contributed by atoms with Crippen LogP contribution >= 0.6 is 0 Å². The quantitative estimate of drug-likeness (QED) is 0.765. The Bertz CT molecular complexity index is 358. The Morgan fingerprint density at radius 1 is 1.06 bits per heavy atom. The van der Waals surface area contributed by atoms with Crippen molar-refractivity contribution >= 4 is 10.9 Å². The Balaban J connectivity index is 2.02. The highest BCUT2D eigenvalue weighted by molar-refractivity contribution is 7.97. The highest BCUT2D eigenvalue weighted by atomic mass is 32.2. The van der Waals surface area contributed by atoms with E-state index in [1.807, 2.05) is 0 Å². The van der Waals surface area contributed by atoms with Gasteiger partial charge in [-0.25, -0.2) is 0 Å². The minimum Gasteiger partial charge on any atom is -0.406 e. The second-order valence-corrected chi connectivity index (χ2v) is 5.81. The van der Waals surface area contributed by atoms with Gasteiger partial charge in [-0.3, -0.25) is 0 Å². The normalized spacial score (nSPS) is 18.1. The summed E-state index contributed by atoms with van der Waals surface area (Å²) in [5.41, 5.74) is 0. The van der Waals surface area contributed by atoms with Gasteiger partial charge in [0.1, 0.15) is 17.3 Å². The highest BCUT2D eigenvalue weighted by Gasteiger charge is 2.31. The van der Waals surface area contributed by atoms with Gasteiger partial charge in [-0.05, 0) is 24.3 Å². The van der Waals surface area contributed by atoms with E-state index in [-0.39, 0.29) is 16.6 Å². The van der Waals surface area contributed by atoms with E-state index in [1.54, 1.807) is 12.1 Å². The lowest BCUT2D eigenvalue weighted by Crippen LogP contribution is -2.26. The van der Waals surface area contributed by atoms with Crippen LogP contribution in [0.5, 0.6) is 5.75 Å². The number of hydrogen-bond acceptors (Lipinski definition) is 2. The number of alkyl halides is 3. The van der Waals surface area contributed by atoms with Gasteiger partial charge in [-0.1, -0.05) is 0 Å². The zero-order valence-electron chi connectivity index (χ0n) is 9.00. The Hall–Kier alpha value is -0.880. The topological polar surface area (TPSA) is 18.5 Å². The molecule has 2 nitrogen and oxygen atoms in total. The molecule has 0 saturated carbocycles. The zero-order valence-corrected chi connectivity index (χ0v) is 9.81. The third-order valence-corrected chi connectivity index (χ3v) is 4.60. The first-order valence-corrected chi connectivity index (χ1v) is 6.72. The predicted octanol–water partition coefficient (Wildman–Crippen LogP) is 2.59. The van der Waals surface area contributed by atoms with Crippen LogP contribution in [0.4, 0.5) is 13.2 Å². The second kappa shape index (κ2) is 5.18.